The standard InChI is InChI=1S/C46H92N2/c1-4-7-10-13-16-19-22-23-24-25-26-28-31-34-37-40-43-48-45-44-47(42-39-36-33-30-21-18-15-12-9-6-3)46(48)41-38-35-32-29-27-20-17-14-11-8-5-2/h44-46H,4-43H2,1-3H3. The first-order chi connectivity index (χ1) is 23.8. The molecule has 1 atom stereocenters. The van der Waals surface area contributed by atoms with Gasteiger partial charge in [0.2, 0.25) is 0 Å². The van der Waals surface area contributed by atoms with Crippen LogP contribution in [0.15, 0.2) is 12.4 Å². The van der Waals surface area contributed by atoms with Gasteiger partial charge < -0.3 is 9.80 Å². The van der Waals surface area contributed by atoms with Crippen molar-refractivity contribution in [3.63, 3.8) is 0 Å². The first-order valence-electron chi connectivity index (χ1n) is 23.0. The zero-order chi connectivity index (χ0) is 34.4. The number of hydrogen-bond donors (Lipinski definition) is 0. The highest BCUT2D eigenvalue weighted by Gasteiger charge is 2.24. The lowest BCUT2D eigenvalue weighted by molar-refractivity contribution is 0.135. The monoisotopic (exact) mass is 673 g/mol. The smallest absolute Gasteiger partial charge is 0.101 e. The fourth-order valence-electron chi connectivity index (χ4n) is 7.95. The van der Waals surface area contributed by atoms with E-state index in [-0.39, 0.29) is 0 Å². The fourth-order valence-corrected chi connectivity index (χ4v) is 7.95. The molecule has 0 aromatic carbocycles. The van der Waals surface area contributed by atoms with E-state index in [0.29, 0.717) is 6.17 Å². The van der Waals surface area contributed by atoms with Gasteiger partial charge in [0, 0.05) is 25.5 Å². The van der Waals surface area contributed by atoms with Gasteiger partial charge in [-0.1, -0.05) is 239 Å². The molecule has 0 aromatic heterocycles. The fraction of sp³-hybridized carbons (Fsp3) is 0.957. The first-order valence-corrected chi connectivity index (χ1v) is 23.0. The summed E-state index contributed by atoms with van der Waals surface area (Å²) in [5, 5.41) is 0. The van der Waals surface area contributed by atoms with Crippen molar-refractivity contribution < 1.29 is 0 Å². The molecule has 48 heavy (non-hydrogen) atoms. The lowest BCUT2D eigenvalue weighted by Crippen LogP contribution is -2.39. The number of rotatable bonds is 40. The molecule has 0 aliphatic carbocycles. The summed E-state index contributed by atoms with van der Waals surface area (Å²) in [4.78, 5) is 5.46. The van der Waals surface area contributed by atoms with Crippen molar-refractivity contribution >= 4 is 0 Å². The minimum Gasteiger partial charge on any atom is -0.356 e. The summed E-state index contributed by atoms with van der Waals surface area (Å²) in [6, 6.07) is 0. The van der Waals surface area contributed by atoms with E-state index in [1.54, 1.807) is 0 Å². The van der Waals surface area contributed by atoms with Crippen LogP contribution in [-0.4, -0.2) is 29.1 Å². The second-order valence-electron chi connectivity index (χ2n) is 16.1. The van der Waals surface area contributed by atoms with Crippen molar-refractivity contribution in [2.45, 2.75) is 271 Å². The van der Waals surface area contributed by atoms with Crippen molar-refractivity contribution in [1.82, 2.24) is 9.80 Å². The minimum atomic E-state index is 0.637. The van der Waals surface area contributed by atoms with Crippen LogP contribution >= 0.6 is 0 Å². The molecule has 0 saturated heterocycles. The molecule has 0 amide bonds. The van der Waals surface area contributed by atoms with Gasteiger partial charge >= 0.3 is 0 Å². The third-order valence-corrected chi connectivity index (χ3v) is 11.3. The molecule has 1 aliphatic rings. The summed E-state index contributed by atoms with van der Waals surface area (Å²) in [6.07, 6.45) is 60.4. The van der Waals surface area contributed by atoms with Crippen LogP contribution in [0, 0.1) is 0 Å². The van der Waals surface area contributed by atoms with Gasteiger partial charge in [-0.15, -0.1) is 0 Å². The molecule has 2 nitrogen and oxygen atoms in total. The third kappa shape index (κ3) is 29.1. The summed E-state index contributed by atoms with van der Waals surface area (Å²) >= 11 is 0. The average Bonchev–Trinajstić information content (AvgIpc) is 3.48. The van der Waals surface area contributed by atoms with Crippen LogP contribution in [-0.2, 0) is 0 Å². The second-order valence-corrected chi connectivity index (χ2v) is 16.1. The van der Waals surface area contributed by atoms with E-state index >= 15 is 0 Å². The van der Waals surface area contributed by atoms with Gasteiger partial charge in [0.25, 0.3) is 0 Å². The Balaban J connectivity index is 2.18. The maximum Gasteiger partial charge on any atom is 0.101 e. The van der Waals surface area contributed by atoms with Gasteiger partial charge in [-0.2, -0.15) is 0 Å². The Hall–Kier alpha value is -0.660. The highest BCUT2D eigenvalue weighted by atomic mass is 15.4. The Kier molecular flexibility index (Phi) is 35.5. The molecule has 0 radical (unpaired) electrons. The Morgan fingerprint density at radius 3 is 0.729 bits per heavy atom. The summed E-state index contributed by atoms with van der Waals surface area (Å²) in [6.45, 7) is 9.49. The molecule has 0 bridgehead atoms. The van der Waals surface area contributed by atoms with E-state index in [1.807, 2.05) is 0 Å². The van der Waals surface area contributed by atoms with E-state index in [2.05, 4.69) is 43.0 Å². The Bertz CT molecular complexity index is 630. The molecule has 2 heteroatoms. The van der Waals surface area contributed by atoms with Crippen LogP contribution in [0.3, 0.4) is 0 Å². The van der Waals surface area contributed by atoms with E-state index in [9.17, 15) is 0 Å². The van der Waals surface area contributed by atoms with Crippen LogP contribution in [0.5, 0.6) is 0 Å². The van der Waals surface area contributed by atoms with E-state index < -0.39 is 0 Å². The Morgan fingerprint density at radius 1 is 0.271 bits per heavy atom. The number of nitrogens with zero attached hydrogens (tertiary/aromatic N) is 2. The van der Waals surface area contributed by atoms with Gasteiger partial charge in [-0.05, 0) is 25.7 Å². The highest BCUT2D eigenvalue weighted by Crippen LogP contribution is 2.24. The SMILES string of the molecule is CCCCCCCCCCCCCCCCCCN1C=CN(CCCCCCCCCCCC)C1CCCCCCCCCCCCC. The third-order valence-electron chi connectivity index (χ3n) is 11.3. The number of hydrogen-bond acceptors (Lipinski definition) is 2. The molecule has 1 rings (SSSR count). The molecule has 0 spiro atoms. The number of unbranched alkanes of at least 4 members (excludes halogenated alkanes) is 34. The normalized spacial score (nSPS) is 14.6. The highest BCUT2D eigenvalue weighted by molar-refractivity contribution is 4.97. The van der Waals surface area contributed by atoms with Crippen molar-refractivity contribution in [3.05, 3.63) is 12.4 Å². The lowest BCUT2D eigenvalue weighted by atomic mass is 10.0. The summed E-state index contributed by atoms with van der Waals surface area (Å²) in [7, 11) is 0. The van der Waals surface area contributed by atoms with Crippen LogP contribution in [0.2, 0.25) is 0 Å². The molecule has 1 aliphatic heterocycles. The van der Waals surface area contributed by atoms with Gasteiger partial charge in [-0.3, -0.25) is 0 Å². The van der Waals surface area contributed by atoms with E-state index in [0.717, 1.165) is 0 Å². The first kappa shape index (κ1) is 45.4. The average molecular weight is 673 g/mol. The molecule has 0 fully saturated rings. The summed E-state index contributed by atoms with van der Waals surface area (Å²) in [5.41, 5.74) is 0. The van der Waals surface area contributed by atoms with E-state index in [4.69, 9.17) is 0 Å². The van der Waals surface area contributed by atoms with Gasteiger partial charge in [0.15, 0.2) is 0 Å². The van der Waals surface area contributed by atoms with Crippen LogP contribution < -0.4 is 0 Å². The second kappa shape index (κ2) is 37.6. The summed E-state index contributed by atoms with van der Waals surface area (Å²) < 4.78 is 0. The van der Waals surface area contributed by atoms with Gasteiger partial charge in [0.05, 0.1) is 0 Å². The van der Waals surface area contributed by atoms with Crippen molar-refractivity contribution in [2.75, 3.05) is 13.1 Å². The maximum absolute atomic E-state index is 2.73. The molecule has 0 N–H and O–H groups in total. The molecule has 286 valence electrons. The molecule has 0 aromatic rings. The van der Waals surface area contributed by atoms with Crippen LogP contribution in [0.1, 0.15) is 265 Å². The van der Waals surface area contributed by atoms with Gasteiger partial charge in [0.1, 0.15) is 6.17 Å². The van der Waals surface area contributed by atoms with Gasteiger partial charge in [-0.25, -0.2) is 0 Å². The molecule has 1 heterocycles. The predicted molar refractivity (Wildman–Crippen MR) is 219 cm³/mol. The maximum atomic E-state index is 2.73. The van der Waals surface area contributed by atoms with Crippen LogP contribution in [0.4, 0.5) is 0 Å². The minimum absolute atomic E-state index is 0.637. The lowest BCUT2D eigenvalue weighted by Gasteiger charge is -2.33. The van der Waals surface area contributed by atoms with E-state index in [1.165, 1.54) is 257 Å². The quantitative estimate of drug-likeness (QED) is 0.0598. The predicted octanol–water partition coefficient (Wildman–Crippen LogP) is 16.3. The largest absolute Gasteiger partial charge is 0.356 e. The Morgan fingerprint density at radius 2 is 0.479 bits per heavy atom. The summed E-state index contributed by atoms with van der Waals surface area (Å²) in [5.74, 6) is 0. The molecular formula is C46H92N2. The topological polar surface area (TPSA) is 6.48 Å². The molecular weight excluding hydrogens is 581 g/mol. The van der Waals surface area contributed by atoms with Crippen LogP contribution in [0.25, 0.3) is 0 Å². The molecule has 0 saturated carbocycles. The zero-order valence-corrected chi connectivity index (χ0v) is 33.9. The van der Waals surface area contributed by atoms with Crippen molar-refractivity contribution in [2.24, 2.45) is 0 Å². The Labute approximate surface area is 305 Å². The molecule has 1 unspecified atom stereocenters. The zero-order valence-electron chi connectivity index (χ0n) is 33.9. The van der Waals surface area contributed by atoms with Crippen molar-refractivity contribution in [3.8, 4) is 0 Å². The van der Waals surface area contributed by atoms with Crippen molar-refractivity contribution in [1.29, 1.82) is 0 Å².